The van der Waals surface area contributed by atoms with Crippen molar-refractivity contribution in [1.82, 2.24) is 4.31 Å². The molecule has 2 rings (SSSR count). The molecule has 0 amide bonds. The Hall–Kier alpha value is -0.130. The molecular formula is C12H24N2O2S. The van der Waals surface area contributed by atoms with Gasteiger partial charge < -0.3 is 5.73 Å². The maximum Gasteiger partial charge on any atom is 0.213 e. The summed E-state index contributed by atoms with van der Waals surface area (Å²) in [7, 11) is -3.00. The van der Waals surface area contributed by atoms with E-state index in [1.807, 2.05) is 0 Å². The van der Waals surface area contributed by atoms with Crippen LogP contribution in [-0.2, 0) is 10.0 Å². The van der Waals surface area contributed by atoms with Gasteiger partial charge in [0, 0.05) is 13.1 Å². The third-order valence-corrected chi connectivity index (χ3v) is 6.27. The van der Waals surface area contributed by atoms with Gasteiger partial charge in [0.05, 0.1) is 5.75 Å². The van der Waals surface area contributed by atoms with Crippen LogP contribution >= 0.6 is 0 Å². The van der Waals surface area contributed by atoms with Crippen molar-refractivity contribution in [3.8, 4) is 0 Å². The first-order chi connectivity index (χ1) is 8.01. The van der Waals surface area contributed by atoms with Gasteiger partial charge in [-0.3, -0.25) is 0 Å². The van der Waals surface area contributed by atoms with E-state index in [9.17, 15) is 8.42 Å². The summed E-state index contributed by atoms with van der Waals surface area (Å²) < 4.78 is 25.2. The quantitative estimate of drug-likeness (QED) is 0.807. The number of rotatable bonds is 5. The fourth-order valence-electron chi connectivity index (χ4n) is 2.85. The van der Waals surface area contributed by atoms with Crippen molar-refractivity contribution in [1.29, 1.82) is 0 Å². The number of piperidine rings is 1. The Morgan fingerprint density at radius 1 is 1.29 bits per heavy atom. The van der Waals surface area contributed by atoms with Gasteiger partial charge in [-0.15, -0.1) is 0 Å². The van der Waals surface area contributed by atoms with Gasteiger partial charge >= 0.3 is 0 Å². The minimum Gasteiger partial charge on any atom is -0.330 e. The average molecular weight is 260 g/mol. The Bertz CT molecular complexity index is 355. The minimum atomic E-state index is -3.00. The fourth-order valence-corrected chi connectivity index (χ4v) is 3.95. The van der Waals surface area contributed by atoms with Crippen LogP contribution in [0.4, 0.5) is 0 Å². The Balaban J connectivity index is 1.95. The molecule has 0 aromatic carbocycles. The molecule has 0 aromatic rings. The maximum atomic E-state index is 11.8. The number of hydrogen-bond donors (Lipinski definition) is 1. The summed E-state index contributed by atoms with van der Waals surface area (Å²) in [4.78, 5) is 0. The number of hydrogen-bond acceptors (Lipinski definition) is 3. The summed E-state index contributed by atoms with van der Waals surface area (Å²) in [6.45, 7) is 3.76. The van der Waals surface area contributed by atoms with Gasteiger partial charge in [0.25, 0.3) is 0 Å². The van der Waals surface area contributed by atoms with Gasteiger partial charge in [0.1, 0.15) is 0 Å². The first-order valence-corrected chi connectivity index (χ1v) is 8.30. The number of nitrogens with two attached hydrogens (primary N) is 1. The highest BCUT2D eigenvalue weighted by molar-refractivity contribution is 7.89. The van der Waals surface area contributed by atoms with Crippen LogP contribution in [0.3, 0.4) is 0 Å². The molecule has 2 fully saturated rings. The summed E-state index contributed by atoms with van der Waals surface area (Å²) in [6, 6.07) is 0. The van der Waals surface area contributed by atoms with Gasteiger partial charge in [-0.05, 0) is 44.1 Å². The monoisotopic (exact) mass is 260 g/mol. The molecule has 1 heterocycles. The van der Waals surface area contributed by atoms with Crippen molar-refractivity contribution in [3.05, 3.63) is 0 Å². The van der Waals surface area contributed by atoms with E-state index in [1.54, 1.807) is 11.2 Å². The third-order valence-electron chi connectivity index (χ3n) is 4.39. The fraction of sp³-hybridized carbons (Fsp3) is 1.00. The molecule has 0 bridgehead atoms. The molecule has 0 aromatic heterocycles. The first-order valence-electron chi connectivity index (χ1n) is 6.69. The molecule has 0 radical (unpaired) electrons. The molecule has 2 N–H and O–H groups in total. The molecule has 1 aliphatic carbocycles. The van der Waals surface area contributed by atoms with Gasteiger partial charge in [-0.25, -0.2) is 12.7 Å². The average Bonchev–Trinajstić information content (AvgIpc) is 3.13. The van der Waals surface area contributed by atoms with Crippen molar-refractivity contribution in [3.63, 3.8) is 0 Å². The second-order valence-corrected chi connectivity index (χ2v) is 7.91. The molecule has 0 spiro atoms. The topological polar surface area (TPSA) is 63.4 Å². The number of sulfonamides is 1. The Kier molecular flexibility index (Phi) is 3.80. The number of nitrogens with zero attached hydrogens (tertiary/aromatic N) is 1. The summed E-state index contributed by atoms with van der Waals surface area (Å²) >= 11 is 0. The summed E-state index contributed by atoms with van der Waals surface area (Å²) in [6.07, 6.45) is 5.79. The summed E-state index contributed by atoms with van der Waals surface area (Å²) in [5.74, 6) is 1.08. The van der Waals surface area contributed by atoms with Crippen LogP contribution in [0.2, 0.25) is 0 Å². The van der Waals surface area contributed by atoms with E-state index in [-0.39, 0.29) is 11.2 Å². The van der Waals surface area contributed by atoms with Crippen LogP contribution in [0.25, 0.3) is 0 Å². The van der Waals surface area contributed by atoms with Gasteiger partial charge in [-0.1, -0.05) is 12.8 Å². The zero-order chi connectivity index (χ0) is 12.5. The van der Waals surface area contributed by atoms with E-state index in [2.05, 4.69) is 0 Å². The molecule has 100 valence electrons. The van der Waals surface area contributed by atoms with Crippen LogP contribution in [0.1, 0.15) is 39.0 Å². The predicted molar refractivity (Wildman–Crippen MR) is 69.1 cm³/mol. The molecule has 4 nitrogen and oxygen atoms in total. The van der Waals surface area contributed by atoms with Crippen LogP contribution in [0, 0.1) is 11.3 Å². The second kappa shape index (κ2) is 4.86. The van der Waals surface area contributed by atoms with E-state index in [1.165, 1.54) is 19.3 Å². The molecule has 17 heavy (non-hydrogen) atoms. The van der Waals surface area contributed by atoms with Crippen LogP contribution < -0.4 is 5.73 Å². The predicted octanol–water partition coefficient (Wildman–Crippen LogP) is 1.18. The Labute approximate surface area is 105 Å². The zero-order valence-electron chi connectivity index (χ0n) is 10.7. The van der Waals surface area contributed by atoms with Crippen molar-refractivity contribution >= 4 is 10.0 Å². The lowest BCUT2D eigenvalue weighted by molar-refractivity contribution is 0.142. The highest BCUT2D eigenvalue weighted by Crippen LogP contribution is 2.45. The standard InChI is InChI=1S/C12H24N2O2S/c1-2-17(15,16)14-7-5-12(10-13,6-8-14)9-11-3-4-11/h11H,2-10,13H2,1H3. The van der Waals surface area contributed by atoms with Crippen molar-refractivity contribution < 1.29 is 8.42 Å². The van der Waals surface area contributed by atoms with Gasteiger partial charge in [0.2, 0.25) is 10.0 Å². The lowest BCUT2D eigenvalue weighted by atomic mass is 9.75. The van der Waals surface area contributed by atoms with Crippen LogP contribution in [0.15, 0.2) is 0 Å². The van der Waals surface area contributed by atoms with Crippen LogP contribution in [0.5, 0.6) is 0 Å². The summed E-state index contributed by atoms with van der Waals surface area (Å²) in [5.41, 5.74) is 6.16. The second-order valence-electron chi connectivity index (χ2n) is 5.65. The van der Waals surface area contributed by atoms with E-state index in [0.29, 0.717) is 19.6 Å². The lowest BCUT2D eigenvalue weighted by Crippen LogP contribution is -2.46. The molecular weight excluding hydrogens is 236 g/mol. The lowest BCUT2D eigenvalue weighted by Gasteiger charge is -2.40. The van der Waals surface area contributed by atoms with Crippen molar-refractivity contribution in [2.45, 2.75) is 39.0 Å². The van der Waals surface area contributed by atoms with E-state index in [0.717, 1.165) is 18.8 Å². The molecule has 1 saturated carbocycles. The Morgan fingerprint density at radius 3 is 2.29 bits per heavy atom. The van der Waals surface area contributed by atoms with Crippen molar-refractivity contribution in [2.75, 3.05) is 25.4 Å². The molecule has 1 saturated heterocycles. The molecule has 5 heteroatoms. The van der Waals surface area contributed by atoms with Gasteiger partial charge in [0.15, 0.2) is 0 Å². The third kappa shape index (κ3) is 3.01. The van der Waals surface area contributed by atoms with Crippen LogP contribution in [-0.4, -0.2) is 38.1 Å². The molecule has 2 aliphatic rings. The summed E-state index contributed by atoms with van der Waals surface area (Å²) in [5, 5.41) is 0. The zero-order valence-corrected chi connectivity index (χ0v) is 11.5. The van der Waals surface area contributed by atoms with E-state index >= 15 is 0 Å². The molecule has 1 aliphatic heterocycles. The largest absolute Gasteiger partial charge is 0.330 e. The highest BCUT2D eigenvalue weighted by Gasteiger charge is 2.40. The normalized spacial score (nSPS) is 26.0. The minimum absolute atomic E-state index is 0.214. The highest BCUT2D eigenvalue weighted by atomic mass is 32.2. The van der Waals surface area contributed by atoms with E-state index in [4.69, 9.17) is 5.73 Å². The maximum absolute atomic E-state index is 11.8. The molecule has 0 atom stereocenters. The SMILES string of the molecule is CCS(=O)(=O)N1CCC(CN)(CC2CC2)CC1. The first kappa shape index (κ1) is 13.3. The smallest absolute Gasteiger partial charge is 0.213 e. The van der Waals surface area contributed by atoms with Crippen molar-refractivity contribution in [2.24, 2.45) is 17.1 Å². The van der Waals surface area contributed by atoms with Gasteiger partial charge in [-0.2, -0.15) is 0 Å². The molecule has 0 unspecified atom stereocenters. The van der Waals surface area contributed by atoms with E-state index < -0.39 is 10.0 Å². The Morgan fingerprint density at radius 2 is 1.88 bits per heavy atom.